The Labute approximate surface area is 227 Å². The van der Waals surface area contributed by atoms with Crippen LogP contribution in [0.25, 0.3) is 11.1 Å². The van der Waals surface area contributed by atoms with Gasteiger partial charge in [0.25, 0.3) is 5.91 Å². The molecule has 1 amide bonds. The molecular formula is C29H24F3N3O5. The summed E-state index contributed by atoms with van der Waals surface area (Å²) in [4.78, 5) is 33.3. The number of alkyl halides is 3. The lowest BCUT2D eigenvalue weighted by molar-refractivity contribution is -0.274. The Balaban J connectivity index is 1.34. The van der Waals surface area contributed by atoms with E-state index in [9.17, 15) is 22.8 Å². The molecule has 0 saturated heterocycles. The number of nitrogens with zero attached hydrogens (tertiary/aromatic N) is 2. The summed E-state index contributed by atoms with van der Waals surface area (Å²) >= 11 is 0. The van der Waals surface area contributed by atoms with E-state index in [1.165, 1.54) is 31.6 Å². The molecule has 0 spiro atoms. The van der Waals surface area contributed by atoms with Crippen LogP contribution >= 0.6 is 0 Å². The fraction of sp³-hybridized carbons (Fsp3) is 0.172. The third-order valence-electron chi connectivity index (χ3n) is 5.74. The lowest BCUT2D eigenvalue weighted by atomic mass is 9.96. The molecule has 8 nitrogen and oxygen atoms in total. The van der Waals surface area contributed by atoms with Crippen molar-refractivity contribution in [1.29, 1.82) is 0 Å². The second-order valence-corrected chi connectivity index (χ2v) is 8.48. The van der Waals surface area contributed by atoms with Gasteiger partial charge in [-0.15, -0.1) is 13.2 Å². The molecule has 0 saturated carbocycles. The summed E-state index contributed by atoms with van der Waals surface area (Å²) in [5, 5.41) is 2.68. The van der Waals surface area contributed by atoms with Gasteiger partial charge in [0.2, 0.25) is 0 Å². The highest BCUT2D eigenvalue weighted by atomic mass is 19.4. The zero-order chi connectivity index (χ0) is 28.5. The van der Waals surface area contributed by atoms with E-state index in [1.807, 2.05) is 54.6 Å². The molecule has 0 aliphatic carbocycles. The van der Waals surface area contributed by atoms with Crippen LogP contribution in [0.4, 0.5) is 13.2 Å². The number of hydrogen-bond acceptors (Lipinski definition) is 7. The molecule has 0 unspecified atom stereocenters. The normalized spacial score (nSPS) is 11.8. The van der Waals surface area contributed by atoms with Gasteiger partial charge < -0.3 is 19.5 Å². The number of aromatic nitrogens is 2. The lowest BCUT2D eigenvalue weighted by Gasteiger charge is -2.16. The summed E-state index contributed by atoms with van der Waals surface area (Å²) in [5.74, 6) is -2.07. The molecule has 0 bridgehead atoms. The maximum Gasteiger partial charge on any atom is 0.573 e. The van der Waals surface area contributed by atoms with Crippen LogP contribution in [0, 0.1) is 0 Å². The van der Waals surface area contributed by atoms with Gasteiger partial charge in [-0.25, -0.2) is 4.98 Å². The van der Waals surface area contributed by atoms with E-state index in [4.69, 9.17) is 9.47 Å². The van der Waals surface area contributed by atoms with Crippen molar-refractivity contribution in [2.45, 2.75) is 18.9 Å². The van der Waals surface area contributed by atoms with Gasteiger partial charge in [-0.05, 0) is 28.8 Å². The molecule has 0 radical (unpaired) electrons. The molecule has 11 heteroatoms. The van der Waals surface area contributed by atoms with Crippen LogP contribution in [0.1, 0.15) is 27.7 Å². The van der Waals surface area contributed by atoms with Crippen molar-refractivity contribution in [2.75, 3.05) is 13.7 Å². The smallest absolute Gasteiger partial charge is 0.487 e. The first kappa shape index (κ1) is 28.1. The Morgan fingerprint density at radius 2 is 1.57 bits per heavy atom. The number of carbonyl (C=O) groups excluding carboxylic acids is 2. The third kappa shape index (κ3) is 7.79. The summed E-state index contributed by atoms with van der Waals surface area (Å²) in [6.07, 6.45) is -2.27. The third-order valence-corrected chi connectivity index (χ3v) is 5.74. The van der Waals surface area contributed by atoms with E-state index in [0.29, 0.717) is 11.3 Å². The minimum absolute atomic E-state index is 0.00682. The Morgan fingerprint density at radius 1 is 0.875 bits per heavy atom. The molecule has 1 heterocycles. The highest BCUT2D eigenvalue weighted by Crippen LogP contribution is 2.26. The van der Waals surface area contributed by atoms with E-state index >= 15 is 0 Å². The Hall–Kier alpha value is -4.93. The Bertz CT molecular complexity index is 1430. The SMILES string of the molecule is COC(=O)[C@H](CNC(=O)c1cnc(COc2cccc(OC(F)(F)F)c2)cn1)c1ccc(-c2ccccc2)cc1. The predicted molar refractivity (Wildman–Crippen MR) is 138 cm³/mol. The van der Waals surface area contributed by atoms with Gasteiger partial charge in [-0.2, -0.15) is 0 Å². The second-order valence-electron chi connectivity index (χ2n) is 8.48. The minimum atomic E-state index is -4.82. The molecule has 4 rings (SSSR count). The van der Waals surface area contributed by atoms with Gasteiger partial charge in [-0.3, -0.25) is 14.6 Å². The largest absolute Gasteiger partial charge is 0.573 e. The molecule has 1 atom stereocenters. The summed E-state index contributed by atoms with van der Waals surface area (Å²) < 4.78 is 51.5. The Morgan fingerprint density at radius 3 is 2.23 bits per heavy atom. The van der Waals surface area contributed by atoms with Gasteiger partial charge in [-0.1, -0.05) is 60.7 Å². The summed E-state index contributed by atoms with van der Waals surface area (Å²) in [6, 6.07) is 22.3. The quantitative estimate of drug-likeness (QED) is 0.267. The first-order chi connectivity index (χ1) is 19.2. The maximum atomic E-state index is 12.7. The zero-order valence-corrected chi connectivity index (χ0v) is 21.2. The zero-order valence-electron chi connectivity index (χ0n) is 21.2. The number of hydrogen-bond donors (Lipinski definition) is 1. The van der Waals surface area contributed by atoms with Gasteiger partial charge >= 0.3 is 12.3 Å². The van der Waals surface area contributed by atoms with Crippen molar-refractivity contribution in [3.05, 3.63) is 108 Å². The average Bonchev–Trinajstić information content (AvgIpc) is 2.96. The van der Waals surface area contributed by atoms with Crippen molar-refractivity contribution in [2.24, 2.45) is 0 Å². The van der Waals surface area contributed by atoms with Gasteiger partial charge in [0.1, 0.15) is 23.8 Å². The number of methoxy groups -OCH3 is 1. The van der Waals surface area contributed by atoms with Crippen LogP contribution in [-0.4, -0.2) is 41.9 Å². The number of rotatable bonds is 10. The first-order valence-electron chi connectivity index (χ1n) is 12.0. The minimum Gasteiger partial charge on any atom is -0.487 e. The molecular weight excluding hydrogens is 527 g/mol. The highest BCUT2D eigenvalue weighted by Gasteiger charge is 2.31. The highest BCUT2D eigenvalue weighted by molar-refractivity contribution is 5.92. The number of carbonyl (C=O) groups is 2. The van der Waals surface area contributed by atoms with E-state index < -0.39 is 29.9 Å². The molecule has 1 N–H and O–H groups in total. The van der Waals surface area contributed by atoms with Crippen molar-refractivity contribution in [1.82, 2.24) is 15.3 Å². The molecule has 0 fully saturated rings. The number of halogens is 3. The van der Waals surface area contributed by atoms with Crippen molar-refractivity contribution >= 4 is 11.9 Å². The molecule has 4 aromatic rings. The fourth-order valence-electron chi connectivity index (χ4n) is 3.77. The number of nitrogens with one attached hydrogen (secondary N) is 1. The fourth-order valence-corrected chi connectivity index (χ4v) is 3.77. The maximum absolute atomic E-state index is 12.7. The van der Waals surface area contributed by atoms with Crippen molar-refractivity contribution < 1.29 is 37.0 Å². The molecule has 0 aliphatic heterocycles. The topological polar surface area (TPSA) is 99.6 Å². The van der Waals surface area contributed by atoms with Gasteiger partial charge in [0.05, 0.1) is 31.1 Å². The number of benzene rings is 3. The first-order valence-corrected chi connectivity index (χ1v) is 12.0. The molecule has 1 aromatic heterocycles. The molecule has 206 valence electrons. The van der Waals surface area contributed by atoms with E-state index in [1.54, 1.807) is 0 Å². The van der Waals surface area contributed by atoms with Crippen molar-refractivity contribution in [3.8, 4) is 22.6 Å². The van der Waals surface area contributed by atoms with Crippen LogP contribution < -0.4 is 14.8 Å². The predicted octanol–water partition coefficient (Wildman–Crippen LogP) is 5.31. The average molecular weight is 552 g/mol. The van der Waals surface area contributed by atoms with Crippen LogP contribution in [-0.2, 0) is 16.1 Å². The standard InChI is InChI=1S/C29H24F3N3O5/c1-38-28(37)25(21-12-10-20(11-13-21)19-6-3-2-4-7-19)16-35-27(36)26-17-33-22(15-34-26)18-39-23-8-5-9-24(14-23)40-29(30,31)32/h2-15,17,25H,16,18H2,1H3,(H,35,36)/t25-/m1/s1. The Kier molecular flexibility index (Phi) is 8.95. The number of ether oxygens (including phenoxy) is 3. The lowest BCUT2D eigenvalue weighted by Crippen LogP contribution is -2.32. The summed E-state index contributed by atoms with van der Waals surface area (Å²) in [6.45, 7) is -0.132. The number of amides is 1. The van der Waals surface area contributed by atoms with Gasteiger partial charge in [0.15, 0.2) is 0 Å². The van der Waals surface area contributed by atoms with Crippen LogP contribution in [0.15, 0.2) is 91.3 Å². The van der Waals surface area contributed by atoms with Crippen LogP contribution in [0.5, 0.6) is 11.5 Å². The summed E-state index contributed by atoms with van der Waals surface area (Å²) in [7, 11) is 1.28. The number of esters is 1. The van der Waals surface area contributed by atoms with E-state index in [2.05, 4.69) is 20.0 Å². The summed E-state index contributed by atoms with van der Waals surface area (Å²) in [5.41, 5.74) is 3.04. The van der Waals surface area contributed by atoms with Crippen LogP contribution in [0.2, 0.25) is 0 Å². The van der Waals surface area contributed by atoms with Crippen molar-refractivity contribution in [3.63, 3.8) is 0 Å². The van der Waals surface area contributed by atoms with E-state index in [0.717, 1.165) is 23.3 Å². The van der Waals surface area contributed by atoms with Crippen LogP contribution in [0.3, 0.4) is 0 Å². The molecule has 3 aromatic carbocycles. The van der Waals surface area contributed by atoms with E-state index in [-0.39, 0.29) is 24.6 Å². The molecule has 0 aliphatic rings. The van der Waals surface area contributed by atoms with Gasteiger partial charge in [0, 0.05) is 12.6 Å². The molecule has 40 heavy (non-hydrogen) atoms. The monoisotopic (exact) mass is 551 g/mol. The second kappa shape index (κ2) is 12.7.